The minimum absolute atomic E-state index is 0.0356. The van der Waals surface area contributed by atoms with Crippen molar-refractivity contribution >= 4 is 0 Å². The lowest BCUT2D eigenvalue weighted by Crippen LogP contribution is -2.65. The van der Waals surface area contributed by atoms with Crippen LogP contribution >= 0.6 is 0 Å². The summed E-state index contributed by atoms with van der Waals surface area (Å²) in [6.07, 6.45) is 5.44. The highest BCUT2D eigenvalue weighted by molar-refractivity contribution is 5.11. The van der Waals surface area contributed by atoms with Crippen LogP contribution in [0.3, 0.4) is 0 Å². The molecule has 0 spiro atoms. The summed E-state index contributed by atoms with van der Waals surface area (Å²) in [4.78, 5) is 11.1. The van der Waals surface area contributed by atoms with E-state index < -0.39 is 5.54 Å². The second-order valence-corrected chi connectivity index (χ2v) is 5.80. The maximum atomic E-state index is 11.1. The van der Waals surface area contributed by atoms with Crippen LogP contribution in [0, 0.1) is 22.0 Å². The summed E-state index contributed by atoms with van der Waals surface area (Å²) in [5.41, 5.74) is 5.40. The molecule has 4 fully saturated rings. The van der Waals surface area contributed by atoms with E-state index in [1.807, 2.05) is 0 Å². The molecule has 0 saturated heterocycles. The van der Waals surface area contributed by atoms with Gasteiger partial charge in [-0.3, -0.25) is 10.1 Å². The second kappa shape index (κ2) is 2.30. The van der Waals surface area contributed by atoms with Crippen molar-refractivity contribution in [2.45, 2.75) is 49.6 Å². The molecule has 0 aromatic carbocycles. The van der Waals surface area contributed by atoms with Gasteiger partial charge in [0, 0.05) is 29.7 Å². The molecular formula is C10H16N2O2. The molecule has 4 nitrogen and oxygen atoms in total. The van der Waals surface area contributed by atoms with Gasteiger partial charge in [0.15, 0.2) is 0 Å². The highest BCUT2D eigenvalue weighted by atomic mass is 16.6. The molecule has 14 heavy (non-hydrogen) atoms. The summed E-state index contributed by atoms with van der Waals surface area (Å²) < 4.78 is 0. The lowest BCUT2D eigenvalue weighted by atomic mass is 9.50. The monoisotopic (exact) mass is 196 g/mol. The quantitative estimate of drug-likeness (QED) is 0.508. The highest BCUT2D eigenvalue weighted by Gasteiger charge is 2.62. The van der Waals surface area contributed by atoms with Gasteiger partial charge in [0.25, 0.3) is 0 Å². The first-order valence-corrected chi connectivity index (χ1v) is 5.45. The van der Waals surface area contributed by atoms with Crippen LogP contribution in [0.15, 0.2) is 0 Å². The molecule has 4 rings (SSSR count). The van der Waals surface area contributed by atoms with E-state index in [-0.39, 0.29) is 10.5 Å². The van der Waals surface area contributed by atoms with Crippen molar-refractivity contribution in [3.63, 3.8) is 0 Å². The van der Waals surface area contributed by atoms with Crippen LogP contribution in [0.5, 0.6) is 0 Å². The first-order valence-electron chi connectivity index (χ1n) is 5.45. The lowest BCUT2D eigenvalue weighted by Gasteiger charge is -2.56. The summed E-state index contributed by atoms with van der Waals surface area (Å²) in [7, 11) is 0. The van der Waals surface area contributed by atoms with Crippen LogP contribution in [-0.4, -0.2) is 16.0 Å². The van der Waals surface area contributed by atoms with Crippen LogP contribution in [0.1, 0.15) is 38.5 Å². The summed E-state index contributed by atoms with van der Waals surface area (Å²) in [5.74, 6) is 1.07. The molecule has 78 valence electrons. The maximum Gasteiger partial charge on any atom is 0.224 e. The van der Waals surface area contributed by atoms with Gasteiger partial charge in [-0.05, 0) is 31.1 Å². The number of nitrogens with zero attached hydrogens (tertiary/aromatic N) is 1. The summed E-state index contributed by atoms with van der Waals surface area (Å²) in [6, 6.07) is 0. The Hall–Kier alpha value is -0.640. The topological polar surface area (TPSA) is 69.2 Å². The lowest BCUT2D eigenvalue weighted by molar-refractivity contribution is -0.589. The van der Waals surface area contributed by atoms with Crippen LogP contribution in [0.2, 0.25) is 0 Å². The second-order valence-electron chi connectivity index (χ2n) is 5.80. The average molecular weight is 196 g/mol. The first kappa shape index (κ1) is 8.65. The fourth-order valence-corrected chi connectivity index (χ4v) is 4.50. The van der Waals surface area contributed by atoms with E-state index in [4.69, 9.17) is 5.73 Å². The fourth-order valence-electron chi connectivity index (χ4n) is 4.50. The van der Waals surface area contributed by atoms with Crippen molar-refractivity contribution in [3.8, 4) is 0 Å². The van der Waals surface area contributed by atoms with Crippen molar-refractivity contribution in [1.82, 2.24) is 0 Å². The third-order valence-electron chi connectivity index (χ3n) is 4.46. The van der Waals surface area contributed by atoms with Gasteiger partial charge in [-0.15, -0.1) is 0 Å². The zero-order valence-corrected chi connectivity index (χ0v) is 8.24. The number of hydrogen-bond acceptors (Lipinski definition) is 3. The average Bonchev–Trinajstić information content (AvgIpc) is 1.98. The summed E-state index contributed by atoms with van der Waals surface area (Å²) in [5, 5.41) is 11.1. The molecule has 0 radical (unpaired) electrons. The zero-order valence-electron chi connectivity index (χ0n) is 8.24. The number of nitrogens with two attached hydrogens (primary N) is 1. The van der Waals surface area contributed by atoms with Crippen LogP contribution in [-0.2, 0) is 0 Å². The molecule has 4 saturated carbocycles. The Balaban J connectivity index is 2.00. The Morgan fingerprint density at radius 3 is 2.21 bits per heavy atom. The Bertz CT molecular complexity index is 288. The number of nitro groups is 1. The predicted molar refractivity (Wildman–Crippen MR) is 51.3 cm³/mol. The van der Waals surface area contributed by atoms with Crippen LogP contribution < -0.4 is 5.73 Å². The molecule has 4 atom stereocenters. The molecule has 4 heteroatoms. The molecule has 2 N–H and O–H groups in total. The minimum Gasteiger partial charge on any atom is -0.325 e. The van der Waals surface area contributed by atoms with Crippen LogP contribution in [0.4, 0.5) is 0 Å². The zero-order chi connectivity index (χ0) is 9.97. The molecule has 0 aliphatic heterocycles. The standard InChI is InChI=1S/C10H16N2O2/c11-9-2-7-1-8(3-9)5-10(4-7,6-9)12(13)14/h7-8H,1-6,11H2/t7-,8+,9?,10?. The molecule has 0 aromatic rings. The molecule has 4 aliphatic rings. The Morgan fingerprint density at radius 1 is 1.21 bits per heavy atom. The van der Waals surface area contributed by atoms with Gasteiger partial charge in [-0.2, -0.15) is 0 Å². The fraction of sp³-hybridized carbons (Fsp3) is 1.00. The van der Waals surface area contributed by atoms with Gasteiger partial charge in [0.05, 0.1) is 0 Å². The van der Waals surface area contributed by atoms with Crippen molar-refractivity contribution in [2.24, 2.45) is 17.6 Å². The van der Waals surface area contributed by atoms with E-state index in [1.54, 1.807) is 0 Å². The number of hydrogen-bond donors (Lipinski definition) is 1. The molecule has 4 aliphatic carbocycles. The van der Waals surface area contributed by atoms with Gasteiger partial charge in [-0.1, -0.05) is 0 Å². The van der Waals surface area contributed by atoms with Gasteiger partial charge >= 0.3 is 0 Å². The van der Waals surface area contributed by atoms with E-state index in [0.29, 0.717) is 18.3 Å². The van der Waals surface area contributed by atoms with Crippen molar-refractivity contribution < 1.29 is 4.92 Å². The number of rotatable bonds is 1. The summed E-state index contributed by atoms with van der Waals surface area (Å²) >= 11 is 0. The van der Waals surface area contributed by atoms with Gasteiger partial charge < -0.3 is 5.73 Å². The van der Waals surface area contributed by atoms with Gasteiger partial charge in [0.1, 0.15) is 0 Å². The Labute approximate surface area is 83.0 Å². The van der Waals surface area contributed by atoms with Crippen molar-refractivity contribution in [2.75, 3.05) is 0 Å². The predicted octanol–water partition coefficient (Wildman–Crippen LogP) is 1.31. The third kappa shape index (κ3) is 0.975. The summed E-state index contributed by atoms with van der Waals surface area (Å²) in [6.45, 7) is 0. The van der Waals surface area contributed by atoms with E-state index in [1.165, 1.54) is 6.42 Å². The van der Waals surface area contributed by atoms with Gasteiger partial charge in [-0.25, -0.2) is 0 Å². The van der Waals surface area contributed by atoms with E-state index >= 15 is 0 Å². The molecule has 2 unspecified atom stereocenters. The SMILES string of the molecule is NC12C[C@H]3C[C@@H](C1)CC([N+](=O)[O-])(C3)C2. The van der Waals surface area contributed by atoms with E-state index in [9.17, 15) is 10.1 Å². The van der Waals surface area contributed by atoms with E-state index in [2.05, 4.69) is 0 Å². The van der Waals surface area contributed by atoms with Crippen molar-refractivity contribution in [1.29, 1.82) is 0 Å². The molecule has 0 aromatic heterocycles. The molecule has 4 bridgehead atoms. The van der Waals surface area contributed by atoms with Gasteiger partial charge in [0.2, 0.25) is 5.54 Å². The maximum absolute atomic E-state index is 11.1. The van der Waals surface area contributed by atoms with Crippen molar-refractivity contribution in [3.05, 3.63) is 10.1 Å². The third-order valence-corrected chi connectivity index (χ3v) is 4.46. The normalized spacial score (nSPS) is 54.9. The molecular weight excluding hydrogens is 180 g/mol. The highest BCUT2D eigenvalue weighted by Crippen LogP contribution is 2.57. The minimum atomic E-state index is -0.640. The first-order chi connectivity index (χ1) is 6.51. The largest absolute Gasteiger partial charge is 0.325 e. The smallest absolute Gasteiger partial charge is 0.224 e. The van der Waals surface area contributed by atoms with Crippen LogP contribution in [0.25, 0.3) is 0 Å². The Kier molecular flexibility index (Phi) is 1.42. The molecule has 0 amide bonds. The Morgan fingerprint density at radius 2 is 1.79 bits per heavy atom. The molecule has 0 heterocycles. The van der Waals surface area contributed by atoms with E-state index in [0.717, 1.165) is 25.7 Å².